The summed E-state index contributed by atoms with van der Waals surface area (Å²) in [6, 6.07) is 10.5. The number of rotatable bonds is 2. The topological polar surface area (TPSA) is 36.4 Å². The van der Waals surface area contributed by atoms with Crippen molar-refractivity contribution >= 4 is 11.6 Å². The molecule has 2 aliphatic rings. The minimum atomic E-state index is -0.227. The van der Waals surface area contributed by atoms with Crippen LogP contribution in [0, 0.1) is 12.7 Å². The van der Waals surface area contributed by atoms with Crippen LogP contribution in [0.2, 0.25) is 0 Å². The van der Waals surface area contributed by atoms with Crippen molar-refractivity contribution in [1.82, 2.24) is 9.88 Å². The van der Waals surface area contributed by atoms with Crippen molar-refractivity contribution in [1.29, 1.82) is 0 Å². The van der Waals surface area contributed by atoms with Crippen molar-refractivity contribution < 1.29 is 9.18 Å². The zero-order valence-corrected chi connectivity index (χ0v) is 16.2. The molecule has 0 radical (unpaired) electrons. The molecule has 5 heteroatoms. The average Bonchev–Trinajstić information content (AvgIpc) is 3.14. The minimum Gasteiger partial charge on any atom is -0.364 e. The highest BCUT2D eigenvalue weighted by molar-refractivity contribution is 5.94. The lowest BCUT2D eigenvalue weighted by Gasteiger charge is -2.35. The van der Waals surface area contributed by atoms with Gasteiger partial charge in [0.1, 0.15) is 5.82 Å². The normalized spacial score (nSPS) is 24.0. The Morgan fingerprint density at radius 1 is 1.22 bits per heavy atom. The summed E-state index contributed by atoms with van der Waals surface area (Å²) in [6.45, 7) is 7.78. The van der Waals surface area contributed by atoms with E-state index in [1.807, 2.05) is 30.0 Å². The largest absolute Gasteiger partial charge is 0.364 e. The number of carbonyl (C=O) groups excluding carboxylic acids is 1. The van der Waals surface area contributed by atoms with E-state index in [0.717, 1.165) is 43.7 Å². The molecule has 4 nitrogen and oxygen atoms in total. The predicted octanol–water partition coefficient (Wildman–Crippen LogP) is 4.19. The maximum absolute atomic E-state index is 13.8. The highest BCUT2D eigenvalue weighted by Crippen LogP contribution is 2.47. The van der Waals surface area contributed by atoms with E-state index in [4.69, 9.17) is 0 Å². The predicted molar refractivity (Wildman–Crippen MR) is 104 cm³/mol. The van der Waals surface area contributed by atoms with E-state index < -0.39 is 0 Å². The zero-order valence-electron chi connectivity index (χ0n) is 16.2. The Hall–Kier alpha value is -2.43. The van der Waals surface area contributed by atoms with Gasteiger partial charge in [-0.1, -0.05) is 6.07 Å². The quantitative estimate of drug-likeness (QED) is 0.798. The van der Waals surface area contributed by atoms with E-state index in [9.17, 15) is 9.18 Å². The molecule has 0 aliphatic carbocycles. The van der Waals surface area contributed by atoms with Crippen LogP contribution in [-0.2, 0) is 0 Å². The van der Waals surface area contributed by atoms with Crippen LogP contribution in [0.15, 0.2) is 42.6 Å². The number of hydrogen-bond acceptors (Lipinski definition) is 3. The zero-order chi connectivity index (χ0) is 19.2. The highest BCUT2D eigenvalue weighted by Gasteiger charge is 2.54. The SMILES string of the molecule is Cc1ccc(C(=O)N2CCCC23CN(c2cccc(F)c2)C(C)(C)C3)cn1. The fourth-order valence-electron chi connectivity index (χ4n) is 4.90. The molecule has 27 heavy (non-hydrogen) atoms. The Morgan fingerprint density at radius 3 is 2.74 bits per heavy atom. The Labute approximate surface area is 160 Å². The molecule has 142 valence electrons. The molecule has 1 spiro atoms. The molecular weight excluding hydrogens is 341 g/mol. The lowest BCUT2D eigenvalue weighted by Crippen LogP contribution is -2.49. The fraction of sp³-hybridized carbons (Fsp3) is 0.455. The summed E-state index contributed by atoms with van der Waals surface area (Å²) in [6.07, 6.45) is 4.53. The van der Waals surface area contributed by atoms with E-state index in [0.29, 0.717) is 5.56 Å². The van der Waals surface area contributed by atoms with Crippen LogP contribution in [0.25, 0.3) is 0 Å². The van der Waals surface area contributed by atoms with Crippen LogP contribution in [0.1, 0.15) is 49.2 Å². The van der Waals surface area contributed by atoms with Crippen molar-refractivity contribution in [2.24, 2.45) is 0 Å². The van der Waals surface area contributed by atoms with Gasteiger partial charge in [0.05, 0.1) is 11.1 Å². The molecule has 1 unspecified atom stereocenters. The number of pyridine rings is 1. The molecule has 0 N–H and O–H groups in total. The van der Waals surface area contributed by atoms with Gasteiger partial charge in [-0.2, -0.15) is 0 Å². The first-order valence-corrected chi connectivity index (χ1v) is 9.59. The van der Waals surface area contributed by atoms with E-state index in [1.54, 1.807) is 18.3 Å². The van der Waals surface area contributed by atoms with Gasteiger partial charge in [0.15, 0.2) is 0 Å². The number of carbonyl (C=O) groups is 1. The first-order valence-electron chi connectivity index (χ1n) is 9.59. The molecule has 1 aromatic heterocycles. The first-order chi connectivity index (χ1) is 12.8. The van der Waals surface area contributed by atoms with Gasteiger partial charge in [-0.15, -0.1) is 0 Å². The molecule has 0 saturated carbocycles. The molecule has 2 fully saturated rings. The Morgan fingerprint density at radius 2 is 2.04 bits per heavy atom. The smallest absolute Gasteiger partial charge is 0.255 e. The van der Waals surface area contributed by atoms with E-state index in [-0.39, 0.29) is 22.8 Å². The third-order valence-electron chi connectivity index (χ3n) is 6.06. The van der Waals surface area contributed by atoms with Crippen molar-refractivity contribution in [2.45, 2.75) is 51.1 Å². The molecule has 2 saturated heterocycles. The number of likely N-dealkylation sites (tertiary alicyclic amines) is 1. The summed E-state index contributed by atoms with van der Waals surface area (Å²) in [5.74, 6) is -0.175. The number of aryl methyl sites for hydroxylation is 1. The summed E-state index contributed by atoms with van der Waals surface area (Å²) in [4.78, 5) is 21.8. The summed E-state index contributed by atoms with van der Waals surface area (Å²) in [5.41, 5.74) is 2.07. The lowest BCUT2D eigenvalue weighted by molar-refractivity contribution is 0.0617. The molecule has 4 rings (SSSR count). The van der Waals surface area contributed by atoms with Crippen LogP contribution in [0.5, 0.6) is 0 Å². The number of halogens is 1. The Kier molecular flexibility index (Phi) is 4.21. The number of hydrogen-bond donors (Lipinski definition) is 0. The maximum Gasteiger partial charge on any atom is 0.255 e. The number of nitrogens with zero attached hydrogens (tertiary/aromatic N) is 3. The summed E-state index contributed by atoms with van der Waals surface area (Å²) in [5, 5.41) is 0. The van der Waals surface area contributed by atoms with Crippen molar-refractivity contribution in [3.05, 3.63) is 59.7 Å². The number of amides is 1. The molecule has 0 bridgehead atoms. The molecule has 1 atom stereocenters. The summed E-state index contributed by atoms with van der Waals surface area (Å²) in [7, 11) is 0. The van der Waals surface area contributed by atoms with Crippen LogP contribution < -0.4 is 4.90 Å². The Bertz CT molecular complexity index is 864. The second kappa shape index (κ2) is 6.32. The molecule has 1 aromatic carbocycles. The molecule has 1 amide bonds. The van der Waals surface area contributed by atoms with Gasteiger partial charge in [-0.05, 0) is 70.4 Å². The third kappa shape index (κ3) is 3.09. The average molecular weight is 367 g/mol. The van der Waals surface area contributed by atoms with Crippen LogP contribution in [0.3, 0.4) is 0 Å². The van der Waals surface area contributed by atoms with Gasteiger partial charge < -0.3 is 9.80 Å². The summed E-state index contributed by atoms with van der Waals surface area (Å²) >= 11 is 0. The third-order valence-corrected chi connectivity index (χ3v) is 6.06. The second-order valence-corrected chi connectivity index (χ2v) is 8.53. The monoisotopic (exact) mass is 367 g/mol. The second-order valence-electron chi connectivity index (χ2n) is 8.53. The highest BCUT2D eigenvalue weighted by atomic mass is 19.1. The van der Waals surface area contributed by atoms with E-state index in [2.05, 4.69) is 23.7 Å². The van der Waals surface area contributed by atoms with Gasteiger partial charge in [0.2, 0.25) is 0 Å². The van der Waals surface area contributed by atoms with Crippen molar-refractivity contribution in [2.75, 3.05) is 18.0 Å². The molecule has 2 aliphatic heterocycles. The number of aromatic nitrogens is 1. The van der Waals surface area contributed by atoms with Crippen molar-refractivity contribution in [3.63, 3.8) is 0 Å². The molecule has 3 heterocycles. The minimum absolute atomic E-state index is 0.0527. The maximum atomic E-state index is 13.8. The number of anilines is 1. The lowest BCUT2D eigenvalue weighted by atomic mass is 9.87. The van der Waals surface area contributed by atoms with Gasteiger partial charge in [-0.25, -0.2) is 4.39 Å². The first kappa shape index (κ1) is 18.0. The molecular formula is C22H26FN3O. The summed E-state index contributed by atoms with van der Waals surface area (Å²) < 4.78 is 13.8. The Balaban J connectivity index is 1.66. The van der Waals surface area contributed by atoms with Crippen molar-refractivity contribution in [3.8, 4) is 0 Å². The van der Waals surface area contributed by atoms with Gasteiger partial charge in [0, 0.05) is 36.2 Å². The van der Waals surface area contributed by atoms with Gasteiger partial charge in [-0.3, -0.25) is 9.78 Å². The standard InChI is InChI=1S/C22H26FN3O/c1-16-8-9-17(13-24-16)20(27)25-11-5-10-22(25)14-21(2,3)26(15-22)19-7-4-6-18(23)12-19/h4,6-9,12-13H,5,10-11,14-15H2,1-3H3. The van der Waals surface area contributed by atoms with Gasteiger partial charge in [0.25, 0.3) is 5.91 Å². The van der Waals surface area contributed by atoms with Crippen LogP contribution in [-0.4, -0.2) is 40.0 Å². The number of benzene rings is 1. The molecule has 2 aromatic rings. The van der Waals surface area contributed by atoms with E-state index in [1.165, 1.54) is 6.07 Å². The fourth-order valence-corrected chi connectivity index (χ4v) is 4.90. The van der Waals surface area contributed by atoms with E-state index >= 15 is 0 Å². The van der Waals surface area contributed by atoms with Crippen LogP contribution in [0.4, 0.5) is 10.1 Å². The van der Waals surface area contributed by atoms with Gasteiger partial charge >= 0.3 is 0 Å². The van der Waals surface area contributed by atoms with Crippen LogP contribution >= 0.6 is 0 Å².